The van der Waals surface area contributed by atoms with Crippen LogP contribution in [0.5, 0.6) is 5.75 Å². The van der Waals surface area contributed by atoms with Crippen LogP contribution in [0.25, 0.3) is 0 Å². The lowest BCUT2D eigenvalue weighted by Crippen LogP contribution is -2.19. The average Bonchev–Trinajstić information content (AvgIpc) is 2.75. The Bertz CT molecular complexity index is 529. The third-order valence-corrected chi connectivity index (χ3v) is 5.00. The molecular weight excluding hydrogens is 380 g/mol. The Morgan fingerprint density at radius 1 is 0.767 bits per heavy atom. The van der Waals surface area contributed by atoms with E-state index in [1.807, 2.05) is 0 Å². The summed E-state index contributed by atoms with van der Waals surface area (Å²) < 4.78 is 17.0. The maximum Gasteiger partial charge on any atom is 0.338 e. The van der Waals surface area contributed by atoms with Gasteiger partial charge in [-0.1, -0.05) is 65.2 Å². The van der Waals surface area contributed by atoms with Gasteiger partial charge in [-0.25, -0.2) is 4.79 Å². The highest BCUT2D eigenvalue weighted by atomic mass is 16.7. The summed E-state index contributed by atoms with van der Waals surface area (Å²) in [5, 5.41) is 9.25. The Hall–Kier alpha value is -1.59. The van der Waals surface area contributed by atoms with E-state index < -0.39 is 0 Å². The van der Waals surface area contributed by atoms with Crippen LogP contribution in [0.15, 0.2) is 24.3 Å². The molecule has 0 saturated heterocycles. The summed E-state index contributed by atoms with van der Waals surface area (Å²) in [5.74, 6) is -0.233. The number of carbonyl (C=O) groups is 1. The summed E-state index contributed by atoms with van der Waals surface area (Å²) in [7, 11) is 0. The second kappa shape index (κ2) is 18.2. The van der Waals surface area contributed by atoms with Gasteiger partial charge in [0, 0.05) is 13.2 Å². The number of esters is 1. The van der Waals surface area contributed by atoms with Crippen molar-refractivity contribution in [2.24, 2.45) is 0 Å². The SMILES string of the molecule is CCCCCCCCCCOC(CCC)OCCCCOC(=O)c1ccc(O)cc1. The summed E-state index contributed by atoms with van der Waals surface area (Å²) in [6.45, 7) is 6.13. The van der Waals surface area contributed by atoms with Crippen LogP contribution in [0.1, 0.15) is 101 Å². The first-order valence-electron chi connectivity index (χ1n) is 11.9. The molecule has 5 nitrogen and oxygen atoms in total. The lowest BCUT2D eigenvalue weighted by atomic mass is 10.1. The molecule has 0 fully saturated rings. The molecule has 1 unspecified atom stereocenters. The van der Waals surface area contributed by atoms with Crippen LogP contribution in [-0.4, -0.2) is 37.2 Å². The molecule has 0 amide bonds. The van der Waals surface area contributed by atoms with Gasteiger partial charge >= 0.3 is 5.97 Å². The third kappa shape index (κ3) is 13.6. The van der Waals surface area contributed by atoms with Gasteiger partial charge in [-0.3, -0.25) is 0 Å². The van der Waals surface area contributed by atoms with Crippen LogP contribution in [0.2, 0.25) is 0 Å². The van der Waals surface area contributed by atoms with Crippen molar-refractivity contribution in [3.63, 3.8) is 0 Å². The average molecular weight is 423 g/mol. The van der Waals surface area contributed by atoms with Crippen LogP contribution >= 0.6 is 0 Å². The molecule has 1 rings (SSSR count). The van der Waals surface area contributed by atoms with Crippen LogP contribution < -0.4 is 0 Å². The molecule has 30 heavy (non-hydrogen) atoms. The van der Waals surface area contributed by atoms with Gasteiger partial charge in [-0.15, -0.1) is 0 Å². The van der Waals surface area contributed by atoms with Crippen molar-refractivity contribution >= 4 is 5.97 Å². The highest BCUT2D eigenvalue weighted by molar-refractivity contribution is 5.89. The van der Waals surface area contributed by atoms with Crippen molar-refractivity contribution in [3.8, 4) is 5.75 Å². The maximum absolute atomic E-state index is 11.9. The van der Waals surface area contributed by atoms with Crippen LogP contribution in [0, 0.1) is 0 Å². The molecule has 0 heterocycles. The van der Waals surface area contributed by atoms with E-state index in [2.05, 4.69) is 13.8 Å². The lowest BCUT2D eigenvalue weighted by molar-refractivity contribution is -0.147. The number of phenols is 1. The zero-order valence-corrected chi connectivity index (χ0v) is 19.1. The van der Waals surface area contributed by atoms with Gasteiger partial charge in [0.2, 0.25) is 0 Å². The highest BCUT2D eigenvalue weighted by Gasteiger charge is 2.09. The van der Waals surface area contributed by atoms with Gasteiger partial charge in [0.05, 0.1) is 12.2 Å². The monoisotopic (exact) mass is 422 g/mol. The number of hydrogen-bond acceptors (Lipinski definition) is 5. The predicted molar refractivity (Wildman–Crippen MR) is 121 cm³/mol. The summed E-state index contributed by atoms with van der Waals surface area (Å²) in [4.78, 5) is 11.9. The summed E-state index contributed by atoms with van der Waals surface area (Å²) in [6, 6.07) is 6.07. The highest BCUT2D eigenvalue weighted by Crippen LogP contribution is 2.12. The Labute approximate surface area is 183 Å². The molecule has 0 radical (unpaired) electrons. The minimum atomic E-state index is -0.367. The second-order valence-corrected chi connectivity index (χ2v) is 7.82. The van der Waals surface area contributed by atoms with Crippen molar-refractivity contribution in [2.75, 3.05) is 19.8 Å². The van der Waals surface area contributed by atoms with Crippen molar-refractivity contribution < 1.29 is 24.1 Å². The first-order valence-corrected chi connectivity index (χ1v) is 11.9. The molecule has 1 atom stereocenters. The summed E-state index contributed by atoms with van der Waals surface area (Å²) in [6.07, 6.45) is 13.8. The topological polar surface area (TPSA) is 65.0 Å². The molecule has 0 aromatic heterocycles. The van der Waals surface area contributed by atoms with Crippen LogP contribution in [-0.2, 0) is 14.2 Å². The number of carbonyl (C=O) groups excluding carboxylic acids is 1. The number of rotatable bonds is 19. The standard InChI is InChI=1S/C25H42O5/c1-3-5-6-7-8-9-10-11-19-28-24(14-4-2)29-20-12-13-21-30-25(27)22-15-17-23(26)18-16-22/h15-18,24,26H,3-14,19-21H2,1-2H3. The lowest BCUT2D eigenvalue weighted by Gasteiger charge is -2.18. The zero-order chi connectivity index (χ0) is 21.9. The third-order valence-electron chi connectivity index (χ3n) is 5.00. The number of benzene rings is 1. The molecule has 1 aromatic carbocycles. The Morgan fingerprint density at radius 3 is 1.90 bits per heavy atom. The molecule has 0 aliphatic rings. The van der Waals surface area contributed by atoms with E-state index in [4.69, 9.17) is 14.2 Å². The molecule has 172 valence electrons. The van der Waals surface area contributed by atoms with Crippen molar-refractivity contribution in [3.05, 3.63) is 29.8 Å². The fourth-order valence-electron chi connectivity index (χ4n) is 3.17. The molecule has 1 aromatic rings. The van der Waals surface area contributed by atoms with E-state index in [0.29, 0.717) is 18.8 Å². The van der Waals surface area contributed by atoms with Crippen molar-refractivity contribution in [2.45, 2.75) is 97.2 Å². The normalized spacial score (nSPS) is 12.1. The quantitative estimate of drug-likeness (QED) is 0.154. The fourth-order valence-corrected chi connectivity index (χ4v) is 3.17. The number of phenolic OH excluding ortho intramolecular Hbond substituents is 1. The van der Waals surface area contributed by atoms with Crippen molar-refractivity contribution in [1.29, 1.82) is 0 Å². The smallest absolute Gasteiger partial charge is 0.338 e. The Kier molecular flexibility index (Phi) is 16.0. The van der Waals surface area contributed by atoms with Gasteiger partial charge in [0.1, 0.15) is 5.75 Å². The number of aromatic hydroxyl groups is 1. The van der Waals surface area contributed by atoms with Crippen LogP contribution in [0.4, 0.5) is 0 Å². The van der Waals surface area contributed by atoms with E-state index in [-0.39, 0.29) is 18.0 Å². The molecular formula is C25H42O5. The second-order valence-electron chi connectivity index (χ2n) is 7.82. The van der Waals surface area contributed by atoms with E-state index in [0.717, 1.165) is 38.7 Å². The molecule has 0 bridgehead atoms. The molecule has 0 spiro atoms. The largest absolute Gasteiger partial charge is 0.508 e. The number of unbranched alkanes of at least 4 members (excludes halogenated alkanes) is 8. The van der Waals surface area contributed by atoms with Gasteiger partial charge in [0.15, 0.2) is 6.29 Å². The van der Waals surface area contributed by atoms with Crippen molar-refractivity contribution in [1.82, 2.24) is 0 Å². The molecule has 0 aliphatic heterocycles. The summed E-state index contributed by atoms with van der Waals surface area (Å²) in [5.41, 5.74) is 0.446. The predicted octanol–water partition coefficient (Wildman–Crippen LogP) is 6.63. The van der Waals surface area contributed by atoms with Gasteiger partial charge in [0.25, 0.3) is 0 Å². The first kappa shape index (κ1) is 26.4. The molecule has 1 N–H and O–H groups in total. The van der Waals surface area contributed by atoms with Gasteiger partial charge in [-0.05, 0) is 49.9 Å². The van der Waals surface area contributed by atoms with Gasteiger partial charge in [-0.2, -0.15) is 0 Å². The van der Waals surface area contributed by atoms with Gasteiger partial charge < -0.3 is 19.3 Å². The Balaban J connectivity index is 2.02. The zero-order valence-electron chi connectivity index (χ0n) is 19.1. The molecule has 0 saturated carbocycles. The van der Waals surface area contributed by atoms with Crippen LogP contribution in [0.3, 0.4) is 0 Å². The minimum Gasteiger partial charge on any atom is -0.508 e. The number of hydrogen-bond donors (Lipinski definition) is 1. The Morgan fingerprint density at radius 2 is 1.30 bits per heavy atom. The minimum absolute atomic E-state index is 0.126. The fraction of sp³-hybridized carbons (Fsp3) is 0.720. The van der Waals surface area contributed by atoms with E-state index in [1.165, 1.54) is 57.1 Å². The molecule has 5 heteroatoms. The van der Waals surface area contributed by atoms with E-state index >= 15 is 0 Å². The van der Waals surface area contributed by atoms with E-state index in [1.54, 1.807) is 12.1 Å². The number of ether oxygens (including phenoxy) is 3. The van der Waals surface area contributed by atoms with E-state index in [9.17, 15) is 9.90 Å². The first-order chi connectivity index (χ1) is 14.7. The summed E-state index contributed by atoms with van der Waals surface area (Å²) >= 11 is 0. The molecule has 0 aliphatic carbocycles. The maximum atomic E-state index is 11.9.